The van der Waals surface area contributed by atoms with Gasteiger partial charge in [0.1, 0.15) is 5.82 Å². The maximum absolute atomic E-state index is 5.06. The molecule has 1 N–H and O–H groups in total. The fourth-order valence-corrected chi connectivity index (χ4v) is 2.03. The van der Waals surface area contributed by atoms with Gasteiger partial charge in [-0.15, -0.1) is 0 Å². The van der Waals surface area contributed by atoms with Crippen LogP contribution in [-0.2, 0) is 0 Å². The average molecular weight is 308 g/mol. The van der Waals surface area contributed by atoms with E-state index in [2.05, 4.69) is 20.3 Å². The molecule has 6 nitrogen and oxygen atoms in total. The number of nitrogens with one attached hydrogen (secondary N) is 1. The van der Waals surface area contributed by atoms with Crippen molar-refractivity contribution in [1.82, 2.24) is 15.0 Å². The molecule has 3 aromatic rings. The Morgan fingerprint density at radius 3 is 1.78 bits per heavy atom. The molecular weight excluding hydrogens is 292 g/mol. The van der Waals surface area contributed by atoms with Crippen LogP contribution in [0.15, 0.2) is 55.0 Å². The van der Waals surface area contributed by atoms with Crippen LogP contribution < -0.4 is 14.8 Å². The number of hydrogen-bond donors (Lipinski definition) is 1. The number of rotatable bonds is 5. The Morgan fingerprint density at radius 1 is 0.696 bits per heavy atom. The normalized spacial score (nSPS) is 10.2. The molecule has 0 saturated carbocycles. The van der Waals surface area contributed by atoms with Crippen molar-refractivity contribution in [2.75, 3.05) is 19.5 Å². The number of nitrogens with zero attached hydrogens (tertiary/aromatic N) is 3. The Morgan fingerprint density at radius 2 is 1.30 bits per heavy atom. The zero-order valence-electron chi connectivity index (χ0n) is 12.9. The van der Waals surface area contributed by atoms with Gasteiger partial charge in [0.15, 0.2) is 0 Å². The van der Waals surface area contributed by atoms with Gasteiger partial charge in [-0.1, -0.05) is 0 Å². The Labute approximate surface area is 134 Å². The zero-order chi connectivity index (χ0) is 16.1. The largest absolute Gasteiger partial charge is 0.481 e. The van der Waals surface area contributed by atoms with Gasteiger partial charge in [-0.25, -0.2) is 15.0 Å². The van der Waals surface area contributed by atoms with Gasteiger partial charge < -0.3 is 14.8 Å². The second-order valence-corrected chi connectivity index (χ2v) is 4.74. The average Bonchev–Trinajstić information content (AvgIpc) is 2.63. The van der Waals surface area contributed by atoms with Crippen molar-refractivity contribution in [2.24, 2.45) is 0 Å². The lowest BCUT2D eigenvalue weighted by Crippen LogP contribution is -1.95. The quantitative estimate of drug-likeness (QED) is 0.780. The molecule has 0 saturated heterocycles. The minimum absolute atomic E-state index is 0.575. The highest BCUT2D eigenvalue weighted by Crippen LogP contribution is 2.22. The smallest absolute Gasteiger partial charge is 0.213 e. The maximum Gasteiger partial charge on any atom is 0.213 e. The zero-order valence-corrected chi connectivity index (χ0v) is 12.9. The predicted octanol–water partition coefficient (Wildman–Crippen LogP) is 3.30. The third-order valence-corrected chi connectivity index (χ3v) is 3.26. The summed E-state index contributed by atoms with van der Waals surface area (Å²) in [5, 5.41) is 3.19. The van der Waals surface area contributed by atoms with Gasteiger partial charge in [0.2, 0.25) is 11.8 Å². The first-order valence-electron chi connectivity index (χ1n) is 7.02. The van der Waals surface area contributed by atoms with Gasteiger partial charge in [-0.05, 0) is 24.3 Å². The van der Waals surface area contributed by atoms with E-state index in [1.807, 2.05) is 30.3 Å². The number of methoxy groups -OCH3 is 2. The van der Waals surface area contributed by atoms with E-state index in [-0.39, 0.29) is 0 Å². The molecule has 3 heterocycles. The maximum atomic E-state index is 5.06. The standard InChI is InChI=1S/C17H16N4O2/c1-22-16-7-4-13(10-19-16)12-3-6-15(18-9-12)21-14-5-8-17(23-2)20-11-14/h3-11H,1-2H3,(H,18,21). The molecule has 0 atom stereocenters. The SMILES string of the molecule is COc1ccc(Nc2ccc(-c3ccc(OC)nc3)cn2)cn1. The van der Waals surface area contributed by atoms with Crippen molar-refractivity contribution in [3.05, 3.63) is 55.0 Å². The summed E-state index contributed by atoms with van der Waals surface area (Å²) in [6.45, 7) is 0. The number of ether oxygens (including phenoxy) is 2. The van der Waals surface area contributed by atoms with Gasteiger partial charge in [-0.2, -0.15) is 0 Å². The van der Waals surface area contributed by atoms with Crippen LogP contribution in [-0.4, -0.2) is 29.2 Å². The highest BCUT2D eigenvalue weighted by molar-refractivity contribution is 5.64. The molecule has 0 bridgehead atoms. The van der Waals surface area contributed by atoms with Crippen LogP contribution in [0.25, 0.3) is 11.1 Å². The summed E-state index contributed by atoms with van der Waals surface area (Å²) in [4.78, 5) is 12.7. The van der Waals surface area contributed by atoms with Crippen molar-refractivity contribution < 1.29 is 9.47 Å². The molecule has 0 spiro atoms. The topological polar surface area (TPSA) is 69.2 Å². The van der Waals surface area contributed by atoms with Gasteiger partial charge in [0.25, 0.3) is 0 Å². The van der Waals surface area contributed by atoms with Gasteiger partial charge in [-0.3, -0.25) is 0 Å². The summed E-state index contributed by atoms with van der Waals surface area (Å²) in [5.41, 5.74) is 2.81. The Kier molecular flexibility index (Phi) is 4.33. The van der Waals surface area contributed by atoms with E-state index in [1.54, 1.807) is 38.9 Å². The van der Waals surface area contributed by atoms with Crippen LogP contribution in [0.4, 0.5) is 11.5 Å². The molecule has 3 aromatic heterocycles. The summed E-state index contributed by atoms with van der Waals surface area (Å²) in [6.07, 6.45) is 5.25. The van der Waals surface area contributed by atoms with Crippen LogP contribution in [0, 0.1) is 0 Å². The highest BCUT2D eigenvalue weighted by Gasteiger charge is 2.02. The summed E-state index contributed by atoms with van der Waals surface area (Å²) < 4.78 is 10.1. The Balaban J connectivity index is 1.72. The van der Waals surface area contributed by atoms with Crippen molar-refractivity contribution >= 4 is 11.5 Å². The lowest BCUT2D eigenvalue weighted by atomic mass is 10.1. The fraction of sp³-hybridized carbons (Fsp3) is 0.118. The molecule has 3 rings (SSSR count). The van der Waals surface area contributed by atoms with Gasteiger partial charge >= 0.3 is 0 Å². The van der Waals surface area contributed by atoms with Crippen molar-refractivity contribution in [3.8, 4) is 22.9 Å². The first-order chi connectivity index (χ1) is 11.3. The lowest BCUT2D eigenvalue weighted by molar-refractivity contribution is 0.398. The number of pyridine rings is 3. The van der Waals surface area contributed by atoms with Crippen LogP contribution in [0.3, 0.4) is 0 Å². The van der Waals surface area contributed by atoms with Gasteiger partial charge in [0.05, 0.1) is 26.1 Å². The van der Waals surface area contributed by atoms with E-state index in [1.165, 1.54) is 0 Å². The van der Waals surface area contributed by atoms with E-state index in [4.69, 9.17) is 9.47 Å². The van der Waals surface area contributed by atoms with E-state index >= 15 is 0 Å². The number of aromatic nitrogens is 3. The Hall–Kier alpha value is -3.15. The Bertz CT molecular complexity index is 756. The van der Waals surface area contributed by atoms with Crippen molar-refractivity contribution in [3.63, 3.8) is 0 Å². The minimum Gasteiger partial charge on any atom is -0.481 e. The molecule has 0 fully saturated rings. The summed E-state index contributed by atoms with van der Waals surface area (Å²) in [7, 11) is 3.18. The molecule has 0 aromatic carbocycles. The first-order valence-corrected chi connectivity index (χ1v) is 7.02. The third kappa shape index (κ3) is 3.55. The van der Waals surface area contributed by atoms with Crippen LogP contribution in [0.5, 0.6) is 11.8 Å². The molecule has 23 heavy (non-hydrogen) atoms. The number of hydrogen-bond acceptors (Lipinski definition) is 6. The van der Waals surface area contributed by atoms with Crippen LogP contribution in [0.1, 0.15) is 0 Å². The summed E-state index contributed by atoms with van der Waals surface area (Å²) >= 11 is 0. The molecule has 6 heteroatoms. The van der Waals surface area contributed by atoms with Crippen molar-refractivity contribution in [2.45, 2.75) is 0 Å². The molecule has 0 aliphatic carbocycles. The lowest BCUT2D eigenvalue weighted by Gasteiger charge is -2.07. The van der Waals surface area contributed by atoms with E-state index in [0.717, 1.165) is 22.6 Å². The number of anilines is 2. The molecule has 0 radical (unpaired) electrons. The van der Waals surface area contributed by atoms with Crippen LogP contribution in [0.2, 0.25) is 0 Å². The summed E-state index contributed by atoms with van der Waals surface area (Å²) in [6, 6.07) is 11.3. The van der Waals surface area contributed by atoms with E-state index in [0.29, 0.717) is 11.8 Å². The highest BCUT2D eigenvalue weighted by atomic mass is 16.5. The van der Waals surface area contributed by atoms with E-state index < -0.39 is 0 Å². The van der Waals surface area contributed by atoms with Crippen LogP contribution >= 0.6 is 0 Å². The second-order valence-electron chi connectivity index (χ2n) is 4.74. The molecule has 0 unspecified atom stereocenters. The minimum atomic E-state index is 0.575. The molecule has 116 valence electrons. The molecular formula is C17H16N4O2. The van der Waals surface area contributed by atoms with Gasteiger partial charge in [0, 0.05) is 35.7 Å². The molecule has 0 aliphatic rings. The fourth-order valence-electron chi connectivity index (χ4n) is 2.03. The summed E-state index contributed by atoms with van der Waals surface area (Å²) in [5.74, 6) is 1.90. The predicted molar refractivity (Wildman–Crippen MR) is 88.1 cm³/mol. The molecule has 0 aliphatic heterocycles. The van der Waals surface area contributed by atoms with E-state index in [9.17, 15) is 0 Å². The third-order valence-electron chi connectivity index (χ3n) is 3.26. The first kappa shape index (κ1) is 14.8. The monoisotopic (exact) mass is 308 g/mol. The molecule has 0 amide bonds. The van der Waals surface area contributed by atoms with Crippen molar-refractivity contribution in [1.29, 1.82) is 0 Å². The second kappa shape index (κ2) is 6.74.